The molecule has 5 nitrogen and oxygen atoms in total. The quantitative estimate of drug-likeness (QED) is 0.543. The van der Waals surface area contributed by atoms with Crippen molar-refractivity contribution in [2.24, 2.45) is 18.7 Å². The Kier molecular flexibility index (Phi) is 3.88. The molecule has 0 aromatic carbocycles. The lowest BCUT2D eigenvalue weighted by atomic mass is 10.1. The highest BCUT2D eigenvalue weighted by Gasteiger charge is 2.21. The first-order valence-electron chi connectivity index (χ1n) is 5.32. The number of hydrogen-bond donors (Lipinski definition) is 3. The lowest BCUT2D eigenvalue weighted by Gasteiger charge is -2.04. The number of nitrogens with one attached hydrogen (secondary N) is 2. The first-order chi connectivity index (χ1) is 7.82. The van der Waals surface area contributed by atoms with Crippen LogP contribution in [0.3, 0.4) is 0 Å². The first-order valence-corrected chi connectivity index (χ1v) is 5.32. The molecule has 0 bridgehead atoms. The maximum absolute atomic E-state index is 14.0. The molecule has 0 saturated heterocycles. The molecule has 0 spiro atoms. The van der Waals surface area contributed by atoms with Crippen molar-refractivity contribution >= 4 is 11.9 Å². The monoisotopic (exact) mass is 240 g/mol. The normalized spacial score (nSPS) is 10.6. The van der Waals surface area contributed by atoms with E-state index in [1.807, 2.05) is 13.8 Å². The van der Waals surface area contributed by atoms with E-state index < -0.39 is 17.7 Å². The van der Waals surface area contributed by atoms with Crippen molar-refractivity contribution in [1.82, 2.24) is 9.88 Å². The van der Waals surface area contributed by atoms with Crippen molar-refractivity contribution in [3.8, 4) is 0 Å². The molecule has 0 saturated carbocycles. The van der Waals surface area contributed by atoms with E-state index in [0.29, 0.717) is 17.9 Å². The fourth-order valence-corrected chi connectivity index (χ4v) is 1.69. The molecule has 4 N–H and O–H groups in total. The van der Waals surface area contributed by atoms with E-state index >= 15 is 0 Å². The van der Waals surface area contributed by atoms with E-state index in [0.717, 1.165) is 0 Å². The van der Waals surface area contributed by atoms with Crippen molar-refractivity contribution in [1.29, 1.82) is 5.41 Å². The van der Waals surface area contributed by atoms with Crippen molar-refractivity contribution in [3.63, 3.8) is 0 Å². The van der Waals surface area contributed by atoms with Gasteiger partial charge in [0, 0.05) is 18.8 Å². The van der Waals surface area contributed by atoms with E-state index in [9.17, 15) is 9.18 Å². The van der Waals surface area contributed by atoms with E-state index in [1.165, 1.54) is 4.57 Å². The van der Waals surface area contributed by atoms with E-state index in [2.05, 4.69) is 5.32 Å². The number of hydrogen-bond acceptors (Lipinski definition) is 2. The number of guanidine groups is 1. The van der Waals surface area contributed by atoms with Crippen LogP contribution in [0.25, 0.3) is 0 Å². The summed E-state index contributed by atoms with van der Waals surface area (Å²) in [6, 6.07) is 0. The molecule has 1 rings (SSSR count). The summed E-state index contributed by atoms with van der Waals surface area (Å²) in [7, 11) is 1.59. The number of aryl methyl sites for hydroxylation is 1. The molecule has 0 unspecified atom stereocenters. The van der Waals surface area contributed by atoms with E-state index in [4.69, 9.17) is 11.1 Å². The number of amides is 1. The average molecular weight is 240 g/mol. The third kappa shape index (κ3) is 3.05. The Morgan fingerprint density at radius 2 is 2.24 bits per heavy atom. The summed E-state index contributed by atoms with van der Waals surface area (Å²) in [6.45, 7) is 3.95. The highest BCUT2D eigenvalue weighted by Crippen LogP contribution is 2.18. The van der Waals surface area contributed by atoms with Crippen LogP contribution in [0.1, 0.15) is 29.9 Å². The average Bonchev–Trinajstić information content (AvgIpc) is 2.39. The summed E-state index contributed by atoms with van der Waals surface area (Å²) < 4.78 is 15.4. The highest BCUT2D eigenvalue weighted by molar-refractivity contribution is 6.03. The first kappa shape index (κ1) is 13.2. The van der Waals surface area contributed by atoms with Crippen LogP contribution in [0.15, 0.2) is 6.20 Å². The van der Waals surface area contributed by atoms with Gasteiger partial charge in [0.25, 0.3) is 5.91 Å². The van der Waals surface area contributed by atoms with Gasteiger partial charge < -0.3 is 10.3 Å². The standard InChI is InChI=1S/C11H17FN4O/c1-6(2)4-7-5-16(3)9(8(7)12)10(17)15-11(13)14/h5-6H,4H2,1-3H3,(H4,13,14,15,17). The molecule has 1 amide bonds. The lowest BCUT2D eigenvalue weighted by Crippen LogP contribution is -2.37. The van der Waals surface area contributed by atoms with E-state index in [1.54, 1.807) is 13.2 Å². The van der Waals surface area contributed by atoms with Crippen LogP contribution in [0, 0.1) is 17.1 Å². The predicted molar refractivity (Wildman–Crippen MR) is 63.3 cm³/mol. The summed E-state index contributed by atoms with van der Waals surface area (Å²) >= 11 is 0. The van der Waals surface area contributed by atoms with Crippen molar-refractivity contribution in [2.45, 2.75) is 20.3 Å². The van der Waals surface area contributed by atoms with Gasteiger partial charge >= 0.3 is 0 Å². The number of carbonyl (C=O) groups is 1. The Bertz CT molecular complexity index is 451. The van der Waals surface area contributed by atoms with Gasteiger partial charge in [-0.3, -0.25) is 15.5 Å². The molecular weight excluding hydrogens is 223 g/mol. The van der Waals surface area contributed by atoms with Gasteiger partial charge in [-0.2, -0.15) is 0 Å². The molecular formula is C11H17FN4O. The van der Waals surface area contributed by atoms with Crippen LogP contribution in [-0.4, -0.2) is 16.4 Å². The summed E-state index contributed by atoms with van der Waals surface area (Å²) in [5.41, 5.74) is 5.43. The highest BCUT2D eigenvalue weighted by atomic mass is 19.1. The second-order valence-electron chi connectivity index (χ2n) is 4.39. The number of nitrogens with zero attached hydrogens (tertiary/aromatic N) is 1. The number of nitrogens with two attached hydrogens (primary N) is 1. The number of aromatic nitrogens is 1. The van der Waals surface area contributed by atoms with Gasteiger partial charge in [0.05, 0.1) is 0 Å². The largest absolute Gasteiger partial charge is 0.370 e. The zero-order chi connectivity index (χ0) is 13.2. The van der Waals surface area contributed by atoms with Gasteiger partial charge in [-0.15, -0.1) is 0 Å². The maximum atomic E-state index is 14.0. The second-order valence-corrected chi connectivity index (χ2v) is 4.39. The minimum absolute atomic E-state index is 0.101. The fraction of sp³-hybridized carbons (Fsp3) is 0.455. The van der Waals surface area contributed by atoms with Gasteiger partial charge in [0.1, 0.15) is 5.69 Å². The third-order valence-corrected chi connectivity index (χ3v) is 2.28. The Morgan fingerprint density at radius 3 is 2.71 bits per heavy atom. The predicted octanol–water partition coefficient (Wildman–Crippen LogP) is 0.986. The maximum Gasteiger partial charge on any atom is 0.277 e. The van der Waals surface area contributed by atoms with Crippen LogP contribution in [0.5, 0.6) is 0 Å². The second kappa shape index (κ2) is 4.99. The van der Waals surface area contributed by atoms with Gasteiger partial charge in [-0.25, -0.2) is 4.39 Å². The Labute approximate surface area is 99.3 Å². The topological polar surface area (TPSA) is 83.9 Å². The molecule has 17 heavy (non-hydrogen) atoms. The van der Waals surface area contributed by atoms with Crippen LogP contribution in [-0.2, 0) is 13.5 Å². The molecule has 0 atom stereocenters. The van der Waals surface area contributed by atoms with Crippen molar-refractivity contribution in [2.75, 3.05) is 0 Å². The zero-order valence-electron chi connectivity index (χ0n) is 10.2. The summed E-state index contributed by atoms with van der Waals surface area (Å²) in [5.74, 6) is -1.44. The van der Waals surface area contributed by atoms with Crippen LogP contribution in [0.2, 0.25) is 0 Å². The zero-order valence-corrected chi connectivity index (χ0v) is 10.2. The molecule has 1 heterocycles. The van der Waals surface area contributed by atoms with Gasteiger partial charge in [0.2, 0.25) is 0 Å². The lowest BCUT2D eigenvalue weighted by molar-refractivity contribution is 0.0964. The Hall–Kier alpha value is -1.85. The molecule has 94 valence electrons. The SMILES string of the molecule is CC(C)Cc1cn(C)c(C(=O)NC(=N)N)c1F. The van der Waals surface area contributed by atoms with Crippen LogP contribution >= 0.6 is 0 Å². The smallest absolute Gasteiger partial charge is 0.277 e. The summed E-state index contributed by atoms with van der Waals surface area (Å²) in [6.07, 6.45) is 2.15. The minimum Gasteiger partial charge on any atom is -0.370 e. The van der Waals surface area contributed by atoms with E-state index in [-0.39, 0.29) is 5.69 Å². The van der Waals surface area contributed by atoms with Crippen LogP contribution in [0.4, 0.5) is 4.39 Å². The number of rotatable bonds is 3. The molecule has 0 fully saturated rings. The molecule has 0 radical (unpaired) electrons. The number of carbonyl (C=O) groups excluding carboxylic acids is 1. The summed E-state index contributed by atoms with van der Waals surface area (Å²) in [4.78, 5) is 11.6. The number of halogens is 1. The van der Waals surface area contributed by atoms with Gasteiger partial charge in [-0.05, 0) is 12.3 Å². The minimum atomic E-state index is -0.701. The molecule has 1 aromatic rings. The Morgan fingerprint density at radius 1 is 1.65 bits per heavy atom. The van der Waals surface area contributed by atoms with Gasteiger partial charge in [-0.1, -0.05) is 13.8 Å². The third-order valence-electron chi connectivity index (χ3n) is 2.28. The van der Waals surface area contributed by atoms with Crippen molar-refractivity contribution in [3.05, 3.63) is 23.3 Å². The van der Waals surface area contributed by atoms with Crippen LogP contribution < -0.4 is 11.1 Å². The van der Waals surface area contributed by atoms with Gasteiger partial charge in [0.15, 0.2) is 11.8 Å². The molecule has 6 heteroatoms. The van der Waals surface area contributed by atoms with Crippen molar-refractivity contribution < 1.29 is 9.18 Å². The fourth-order valence-electron chi connectivity index (χ4n) is 1.69. The molecule has 0 aliphatic heterocycles. The summed E-state index contributed by atoms with van der Waals surface area (Å²) in [5, 5.41) is 9.02. The Balaban J connectivity index is 3.04. The molecule has 1 aromatic heterocycles. The molecule has 0 aliphatic rings. The molecule has 0 aliphatic carbocycles.